The first-order valence-electron chi connectivity index (χ1n) is 5.44. The number of carbonyl (C=O) groups excluding carboxylic acids is 1. The fraction of sp³-hybridized carbons (Fsp3) is 0.143. The molecule has 5 heteroatoms. The van der Waals surface area contributed by atoms with E-state index in [4.69, 9.17) is 0 Å². The Hall–Kier alpha value is -1.07. The number of ketones is 1. The van der Waals surface area contributed by atoms with Crippen LogP contribution >= 0.6 is 32.9 Å². The van der Waals surface area contributed by atoms with Crippen LogP contribution in [0.1, 0.15) is 26.3 Å². The number of carbonyl (C=O) groups is 1. The van der Waals surface area contributed by atoms with Gasteiger partial charge in [-0.1, -0.05) is 39.7 Å². The Bertz CT molecular complexity index is 589. The third-order valence-electron chi connectivity index (χ3n) is 2.58. The number of pyridine rings is 1. The van der Waals surface area contributed by atoms with Gasteiger partial charge in [0.15, 0.2) is 5.78 Å². The molecule has 2 aromatic rings. The van der Waals surface area contributed by atoms with Gasteiger partial charge in [0.2, 0.25) is 5.95 Å². The molecule has 0 aliphatic heterocycles. The van der Waals surface area contributed by atoms with E-state index in [1.54, 1.807) is 12.1 Å². The summed E-state index contributed by atoms with van der Waals surface area (Å²) >= 11 is 3.30. The van der Waals surface area contributed by atoms with Gasteiger partial charge in [-0.2, -0.15) is 4.39 Å². The minimum absolute atomic E-state index is 0. The van der Waals surface area contributed by atoms with Gasteiger partial charge in [0.05, 0.1) is 0 Å². The molecule has 0 amide bonds. The Kier molecular flexibility index (Phi) is 5.82. The van der Waals surface area contributed by atoms with Crippen molar-refractivity contribution in [3.05, 3.63) is 65.2 Å². The highest BCUT2D eigenvalue weighted by Crippen LogP contribution is 2.27. The number of Topliss-reactive ketones (excluding diaryl/α,β-unsaturated/α-hetero) is 1. The van der Waals surface area contributed by atoms with Crippen molar-refractivity contribution >= 4 is 38.7 Å². The minimum atomic E-state index is -0.589. The molecule has 0 N–H and O–H groups in total. The highest BCUT2D eigenvalue weighted by molar-refractivity contribution is 9.09. The molecule has 2 rings (SSSR count). The van der Waals surface area contributed by atoms with Gasteiger partial charge in [-0.05, 0) is 30.7 Å². The number of aromatic nitrogens is 1. The predicted molar refractivity (Wildman–Crippen MR) is 81.7 cm³/mol. The molecule has 0 fully saturated rings. The second-order valence-electron chi connectivity index (χ2n) is 4.01. The highest BCUT2D eigenvalue weighted by Gasteiger charge is 2.19. The number of nitrogens with zero attached hydrogens (tertiary/aromatic N) is 1. The summed E-state index contributed by atoms with van der Waals surface area (Å²) in [5.74, 6) is -0.682. The number of benzene rings is 1. The van der Waals surface area contributed by atoms with Gasteiger partial charge in [-0.25, -0.2) is 4.98 Å². The van der Waals surface area contributed by atoms with E-state index in [9.17, 15) is 9.18 Å². The number of hydrogen-bond donors (Lipinski definition) is 0. The molecule has 100 valence electrons. The third kappa shape index (κ3) is 3.94. The summed E-state index contributed by atoms with van der Waals surface area (Å²) in [6, 6.07) is 10.2. The summed E-state index contributed by atoms with van der Waals surface area (Å²) < 4.78 is 13.0. The van der Waals surface area contributed by atoms with E-state index < -0.39 is 10.8 Å². The lowest BCUT2D eigenvalue weighted by Gasteiger charge is -2.09. The van der Waals surface area contributed by atoms with Crippen LogP contribution < -0.4 is 0 Å². The van der Waals surface area contributed by atoms with E-state index >= 15 is 0 Å². The molecule has 1 atom stereocenters. The SMILES string of the molecule is Br.Cc1cccc(C(=O)C(Br)c2ccnc(F)c2)c1. The summed E-state index contributed by atoms with van der Waals surface area (Å²) in [6.07, 6.45) is 1.35. The van der Waals surface area contributed by atoms with Crippen LogP contribution in [0.3, 0.4) is 0 Å². The summed E-state index contributed by atoms with van der Waals surface area (Å²) in [4.78, 5) is 15.1. The van der Waals surface area contributed by atoms with Gasteiger partial charge >= 0.3 is 0 Å². The van der Waals surface area contributed by atoms with E-state index in [-0.39, 0.29) is 22.8 Å². The standard InChI is InChI=1S/C14H11BrFNO.BrH/c1-9-3-2-4-11(7-9)14(18)13(15)10-5-6-17-12(16)8-10;/h2-8,13H,1H3;1H. The average Bonchev–Trinajstić information content (AvgIpc) is 2.37. The van der Waals surface area contributed by atoms with E-state index in [2.05, 4.69) is 20.9 Å². The lowest BCUT2D eigenvalue weighted by Crippen LogP contribution is -2.07. The van der Waals surface area contributed by atoms with Gasteiger partial charge in [-0.3, -0.25) is 4.79 Å². The topological polar surface area (TPSA) is 30.0 Å². The zero-order chi connectivity index (χ0) is 13.1. The van der Waals surface area contributed by atoms with Crippen LogP contribution in [0, 0.1) is 12.9 Å². The number of alkyl halides is 1. The molecule has 0 aliphatic carbocycles. The van der Waals surface area contributed by atoms with Gasteiger partial charge < -0.3 is 0 Å². The zero-order valence-electron chi connectivity index (χ0n) is 10.1. The molecule has 1 aromatic carbocycles. The second kappa shape index (κ2) is 6.91. The second-order valence-corrected chi connectivity index (χ2v) is 4.92. The first-order chi connectivity index (χ1) is 8.58. The molecule has 2 nitrogen and oxygen atoms in total. The first kappa shape index (κ1) is 16.0. The number of rotatable bonds is 3. The van der Waals surface area contributed by atoms with Crippen molar-refractivity contribution in [1.29, 1.82) is 0 Å². The highest BCUT2D eigenvalue weighted by atomic mass is 79.9. The Morgan fingerprint density at radius 3 is 2.68 bits per heavy atom. The van der Waals surface area contributed by atoms with Crippen LogP contribution in [0.25, 0.3) is 0 Å². The Labute approximate surface area is 130 Å². The maximum atomic E-state index is 13.0. The van der Waals surface area contributed by atoms with E-state index in [1.165, 1.54) is 12.3 Å². The quantitative estimate of drug-likeness (QED) is 0.442. The smallest absolute Gasteiger partial charge is 0.213 e. The number of aryl methyl sites for hydroxylation is 1. The van der Waals surface area contributed by atoms with E-state index in [0.717, 1.165) is 5.56 Å². The monoisotopic (exact) mass is 387 g/mol. The summed E-state index contributed by atoms with van der Waals surface area (Å²) in [6.45, 7) is 1.92. The molecule has 0 saturated heterocycles. The number of halogens is 3. The maximum absolute atomic E-state index is 13.0. The van der Waals surface area contributed by atoms with Gasteiger partial charge in [0.1, 0.15) is 4.83 Å². The Morgan fingerprint density at radius 1 is 1.32 bits per heavy atom. The zero-order valence-corrected chi connectivity index (χ0v) is 13.4. The van der Waals surface area contributed by atoms with Gasteiger partial charge in [-0.15, -0.1) is 17.0 Å². The van der Waals surface area contributed by atoms with Crippen molar-refractivity contribution < 1.29 is 9.18 Å². The molecular formula is C14H12Br2FNO. The summed E-state index contributed by atoms with van der Waals surface area (Å²) in [7, 11) is 0. The summed E-state index contributed by atoms with van der Waals surface area (Å²) in [5, 5.41) is 0. The fourth-order valence-electron chi connectivity index (χ4n) is 1.67. The summed E-state index contributed by atoms with van der Waals surface area (Å²) in [5.41, 5.74) is 2.18. The van der Waals surface area contributed by atoms with Crippen molar-refractivity contribution in [2.75, 3.05) is 0 Å². The molecule has 0 radical (unpaired) electrons. The molecule has 19 heavy (non-hydrogen) atoms. The van der Waals surface area contributed by atoms with Crippen molar-refractivity contribution in [3.8, 4) is 0 Å². The van der Waals surface area contributed by atoms with Crippen LogP contribution in [0.15, 0.2) is 42.6 Å². The Balaban J connectivity index is 0.00000180. The van der Waals surface area contributed by atoms with E-state index in [1.807, 2.05) is 25.1 Å². The molecule has 0 saturated carbocycles. The molecular weight excluding hydrogens is 377 g/mol. The predicted octanol–water partition coefficient (Wildman–Crippen LogP) is 4.43. The maximum Gasteiger partial charge on any atom is 0.213 e. The van der Waals surface area contributed by atoms with Crippen LogP contribution in [-0.2, 0) is 0 Å². The molecule has 0 aliphatic rings. The first-order valence-corrected chi connectivity index (χ1v) is 6.36. The van der Waals surface area contributed by atoms with Crippen LogP contribution in [-0.4, -0.2) is 10.8 Å². The van der Waals surface area contributed by atoms with Crippen LogP contribution in [0.2, 0.25) is 0 Å². The van der Waals surface area contributed by atoms with E-state index in [0.29, 0.717) is 11.1 Å². The van der Waals surface area contributed by atoms with Crippen molar-refractivity contribution in [1.82, 2.24) is 4.98 Å². The molecule has 0 bridgehead atoms. The molecule has 1 aromatic heterocycles. The van der Waals surface area contributed by atoms with Crippen molar-refractivity contribution in [2.24, 2.45) is 0 Å². The largest absolute Gasteiger partial charge is 0.293 e. The fourth-order valence-corrected chi connectivity index (χ4v) is 2.22. The number of hydrogen-bond acceptors (Lipinski definition) is 2. The molecule has 1 heterocycles. The van der Waals surface area contributed by atoms with Crippen LogP contribution in [0.5, 0.6) is 0 Å². The lowest BCUT2D eigenvalue weighted by molar-refractivity contribution is 0.0991. The van der Waals surface area contributed by atoms with Gasteiger partial charge in [0.25, 0.3) is 0 Å². The van der Waals surface area contributed by atoms with Crippen molar-refractivity contribution in [2.45, 2.75) is 11.8 Å². The normalized spacial score (nSPS) is 11.5. The molecule has 0 spiro atoms. The van der Waals surface area contributed by atoms with Crippen molar-refractivity contribution in [3.63, 3.8) is 0 Å². The molecule has 1 unspecified atom stereocenters. The Morgan fingerprint density at radius 2 is 2.05 bits per heavy atom. The lowest BCUT2D eigenvalue weighted by atomic mass is 10.0. The third-order valence-corrected chi connectivity index (χ3v) is 3.52. The minimum Gasteiger partial charge on any atom is -0.293 e. The van der Waals surface area contributed by atoms with Gasteiger partial charge in [0, 0.05) is 11.8 Å². The van der Waals surface area contributed by atoms with Crippen LogP contribution in [0.4, 0.5) is 4.39 Å². The average molecular weight is 389 g/mol.